The SMILES string of the molecule is CCCCCCCCCCC1=C(CCCCCCCCCC)C(=O)C=CC1=O.Cl. The predicted molar refractivity (Wildman–Crippen MR) is 128 cm³/mol. The van der Waals surface area contributed by atoms with E-state index in [9.17, 15) is 9.59 Å². The maximum Gasteiger partial charge on any atom is 0.182 e. The number of ketones is 2. The topological polar surface area (TPSA) is 34.1 Å². The van der Waals surface area contributed by atoms with Crippen LogP contribution in [0.4, 0.5) is 0 Å². The number of allylic oxidation sites excluding steroid dienone is 4. The molecule has 0 unspecified atom stereocenters. The van der Waals surface area contributed by atoms with Crippen LogP contribution in [0.1, 0.15) is 129 Å². The summed E-state index contributed by atoms with van der Waals surface area (Å²) in [6, 6.07) is 0. The van der Waals surface area contributed by atoms with E-state index < -0.39 is 0 Å². The second-order valence-electron chi connectivity index (χ2n) is 8.47. The van der Waals surface area contributed by atoms with Gasteiger partial charge in [-0.2, -0.15) is 0 Å². The monoisotopic (exact) mass is 424 g/mol. The van der Waals surface area contributed by atoms with Crippen LogP contribution in [0.15, 0.2) is 23.3 Å². The van der Waals surface area contributed by atoms with Gasteiger partial charge >= 0.3 is 0 Å². The molecule has 1 aliphatic rings. The van der Waals surface area contributed by atoms with E-state index in [-0.39, 0.29) is 24.0 Å². The third-order valence-corrected chi connectivity index (χ3v) is 5.91. The number of unbranched alkanes of at least 4 members (excludes halogenated alkanes) is 14. The molecule has 168 valence electrons. The molecule has 0 aliphatic heterocycles. The Bertz CT molecular complexity index is 461. The van der Waals surface area contributed by atoms with E-state index >= 15 is 0 Å². The van der Waals surface area contributed by atoms with Crippen molar-refractivity contribution in [1.82, 2.24) is 0 Å². The van der Waals surface area contributed by atoms with Gasteiger partial charge in [0.2, 0.25) is 0 Å². The smallest absolute Gasteiger partial charge is 0.182 e. The maximum atomic E-state index is 12.3. The zero-order valence-corrected chi connectivity index (χ0v) is 19.9. The van der Waals surface area contributed by atoms with Gasteiger partial charge in [-0.3, -0.25) is 9.59 Å². The normalized spacial score (nSPS) is 13.9. The van der Waals surface area contributed by atoms with E-state index in [0.717, 1.165) is 36.8 Å². The summed E-state index contributed by atoms with van der Waals surface area (Å²) in [5, 5.41) is 0. The maximum absolute atomic E-state index is 12.3. The minimum atomic E-state index is 0. The van der Waals surface area contributed by atoms with Crippen LogP contribution < -0.4 is 0 Å². The predicted octanol–water partition coefficient (Wildman–Crippen LogP) is 8.47. The summed E-state index contributed by atoms with van der Waals surface area (Å²) in [5.74, 6) is 0.161. The third kappa shape index (κ3) is 13.1. The first-order valence-corrected chi connectivity index (χ1v) is 12.2. The van der Waals surface area contributed by atoms with Crippen molar-refractivity contribution in [3.05, 3.63) is 23.3 Å². The molecule has 2 nitrogen and oxygen atoms in total. The number of carbonyl (C=O) groups is 2. The first-order chi connectivity index (χ1) is 13.7. The molecule has 0 N–H and O–H groups in total. The molecule has 0 atom stereocenters. The lowest BCUT2D eigenvalue weighted by Crippen LogP contribution is -2.15. The summed E-state index contributed by atoms with van der Waals surface area (Å²) >= 11 is 0. The Morgan fingerprint density at radius 3 is 1.07 bits per heavy atom. The number of rotatable bonds is 18. The molecule has 0 aromatic carbocycles. The number of hydrogen-bond acceptors (Lipinski definition) is 2. The second-order valence-corrected chi connectivity index (χ2v) is 8.47. The molecule has 0 fully saturated rings. The molecule has 0 aromatic heterocycles. The highest BCUT2D eigenvalue weighted by atomic mass is 35.5. The lowest BCUT2D eigenvalue weighted by molar-refractivity contribution is -0.115. The fraction of sp³-hybridized carbons (Fsp3) is 0.769. The largest absolute Gasteiger partial charge is 0.290 e. The van der Waals surface area contributed by atoms with Crippen LogP contribution in [-0.4, -0.2) is 11.6 Å². The summed E-state index contributed by atoms with van der Waals surface area (Å²) < 4.78 is 0. The van der Waals surface area contributed by atoms with Gasteiger partial charge in [0, 0.05) is 11.1 Å². The Morgan fingerprint density at radius 1 is 0.483 bits per heavy atom. The summed E-state index contributed by atoms with van der Waals surface area (Å²) in [6.07, 6.45) is 24.7. The highest BCUT2D eigenvalue weighted by Crippen LogP contribution is 2.25. The molecule has 1 aliphatic carbocycles. The quantitative estimate of drug-likeness (QED) is 0.163. The molecule has 0 aromatic rings. The highest BCUT2D eigenvalue weighted by molar-refractivity contribution is 6.20. The van der Waals surface area contributed by atoms with Gasteiger partial charge in [0.1, 0.15) is 0 Å². The minimum absolute atomic E-state index is 0. The van der Waals surface area contributed by atoms with Gasteiger partial charge in [0.15, 0.2) is 11.6 Å². The number of carbonyl (C=O) groups excluding carboxylic acids is 2. The Balaban J connectivity index is 0.00000784. The Labute approximate surface area is 186 Å². The average molecular weight is 425 g/mol. The minimum Gasteiger partial charge on any atom is -0.290 e. The van der Waals surface area contributed by atoms with Crippen molar-refractivity contribution < 1.29 is 9.59 Å². The molecule has 29 heavy (non-hydrogen) atoms. The van der Waals surface area contributed by atoms with Gasteiger partial charge in [-0.05, 0) is 37.8 Å². The van der Waals surface area contributed by atoms with Crippen molar-refractivity contribution in [2.45, 2.75) is 129 Å². The Morgan fingerprint density at radius 2 is 0.759 bits per heavy atom. The molecule has 0 saturated heterocycles. The number of hydrogen-bond donors (Lipinski definition) is 0. The van der Waals surface area contributed by atoms with Crippen LogP contribution in [0, 0.1) is 0 Å². The van der Waals surface area contributed by atoms with E-state index in [2.05, 4.69) is 13.8 Å². The molecular formula is C26H45ClO2. The van der Waals surface area contributed by atoms with Crippen molar-refractivity contribution in [2.24, 2.45) is 0 Å². The molecule has 1 rings (SSSR count). The van der Waals surface area contributed by atoms with E-state index in [1.165, 1.54) is 102 Å². The number of halogens is 1. The van der Waals surface area contributed by atoms with Crippen molar-refractivity contribution in [1.29, 1.82) is 0 Å². The van der Waals surface area contributed by atoms with Crippen LogP contribution in [0.2, 0.25) is 0 Å². The zero-order valence-electron chi connectivity index (χ0n) is 19.1. The summed E-state index contributed by atoms with van der Waals surface area (Å²) in [5.41, 5.74) is 1.64. The van der Waals surface area contributed by atoms with Crippen LogP contribution in [0.25, 0.3) is 0 Å². The van der Waals surface area contributed by atoms with Gasteiger partial charge < -0.3 is 0 Å². The van der Waals surface area contributed by atoms with E-state index in [1.807, 2.05) is 0 Å². The third-order valence-electron chi connectivity index (χ3n) is 5.91. The Kier molecular flexibility index (Phi) is 18.5. The first kappa shape index (κ1) is 28.1. The molecule has 3 heteroatoms. The molecular weight excluding hydrogens is 380 g/mol. The standard InChI is InChI=1S/C26H44O2.ClH/c1-3-5-7-9-11-13-15-17-19-23-24(26(28)22-21-25(23)27)20-18-16-14-12-10-8-6-4-2;/h21-22H,3-20H2,1-2H3;1H. The molecule has 0 heterocycles. The molecule has 0 saturated carbocycles. The van der Waals surface area contributed by atoms with Gasteiger partial charge in [0.25, 0.3) is 0 Å². The molecule has 0 spiro atoms. The summed E-state index contributed by atoms with van der Waals surface area (Å²) in [6.45, 7) is 4.49. The van der Waals surface area contributed by atoms with E-state index in [0.29, 0.717) is 0 Å². The van der Waals surface area contributed by atoms with Crippen LogP contribution >= 0.6 is 12.4 Å². The van der Waals surface area contributed by atoms with Crippen molar-refractivity contribution in [3.8, 4) is 0 Å². The summed E-state index contributed by atoms with van der Waals surface area (Å²) in [7, 11) is 0. The van der Waals surface area contributed by atoms with Gasteiger partial charge in [-0.15, -0.1) is 12.4 Å². The van der Waals surface area contributed by atoms with Crippen LogP contribution in [-0.2, 0) is 9.59 Å². The van der Waals surface area contributed by atoms with Crippen molar-refractivity contribution >= 4 is 24.0 Å². The van der Waals surface area contributed by atoms with E-state index in [4.69, 9.17) is 0 Å². The average Bonchev–Trinajstić information content (AvgIpc) is 2.69. The molecule has 0 amide bonds. The van der Waals surface area contributed by atoms with Gasteiger partial charge in [-0.1, -0.05) is 104 Å². The lowest BCUT2D eigenvalue weighted by atomic mass is 9.88. The first-order valence-electron chi connectivity index (χ1n) is 12.2. The highest BCUT2D eigenvalue weighted by Gasteiger charge is 2.21. The van der Waals surface area contributed by atoms with Gasteiger partial charge in [0.05, 0.1) is 0 Å². The van der Waals surface area contributed by atoms with Gasteiger partial charge in [-0.25, -0.2) is 0 Å². The van der Waals surface area contributed by atoms with Crippen molar-refractivity contribution in [3.63, 3.8) is 0 Å². The fourth-order valence-electron chi connectivity index (χ4n) is 4.07. The Hall–Kier alpha value is -0.890. The van der Waals surface area contributed by atoms with E-state index in [1.54, 1.807) is 0 Å². The second kappa shape index (κ2) is 19.1. The molecule has 0 bridgehead atoms. The summed E-state index contributed by atoms with van der Waals surface area (Å²) in [4.78, 5) is 24.7. The fourth-order valence-corrected chi connectivity index (χ4v) is 4.07. The molecule has 0 radical (unpaired) electrons. The zero-order chi connectivity index (χ0) is 20.5. The van der Waals surface area contributed by atoms with Crippen LogP contribution in [0.3, 0.4) is 0 Å². The van der Waals surface area contributed by atoms with Crippen molar-refractivity contribution in [2.75, 3.05) is 0 Å². The lowest BCUT2D eigenvalue weighted by Gasteiger charge is -2.15. The van der Waals surface area contributed by atoms with Crippen LogP contribution in [0.5, 0.6) is 0 Å².